The lowest BCUT2D eigenvalue weighted by Crippen LogP contribution is -2.45. The Hall–Kier alpha value is -0.660. The molecule has 0 bridgehead atoms. The fraction of sp³-hybridized carbons (Fsp3) is 0.857. The van der Waals surface area contributed by atoms with Crippen LogP contribution in [0.15, 0.2) is 12.4 Å². The van der Waals surface area contributed by atoms with E-state index in [-0.39, 0.29) is 0 Å². The van der Waals surface area contributed by atoms with Crippen molar-refractivity contribution in [2.45, 2.75) is 66.1 Å². The maximum Gasteiger partial charge on any atom is 0.103 e. The summed E-state index contributed by atoms with van der Waals surface area (Å²) in [4.78, 5) is 5.00. The molecule has 1 heterocycles. The number of hydrogen-bond acceptors (Lipinski definition) is 2. The van der Waals surface area contributed by atoms with Crippen LogP contribution in [0.5, 0.6) is 0 Å². The van der Waals surface area contributed by atoms with Gasteiger partial charge in [0.2, 0.25) is 0 Å². The zero-order valence-electron chi connectivity index (χ0n) is 11.6. The molecular formula is C14H28N2. The Morgan fingerprint density at radius 1 is 1.06 bits per heavy atom. The van der Waals surface area contributed by atoms with E-state index in [4.69, 9.17) is 0 Å². The van der Waals surface area contributed by atoms with Crippen LogP contribution in [0.4, 0.5) is 0 Å². The van der Waals surface area contributed by atoms with Gasteiger partial charge in [0, 0.05) is 25.0 Å². The van der Waals surface area contributed by atoms with Crippen LogP contribution in [-0.2, 0) is 0 Å². The molecule has 16 heavy (non-hydrogen) atoms. The van der Waals surface area contributed by atoms with Crippen LogP contribution in [0.1, 0.15) is 53.9 Å². The highest BCUT2D eigenvalue weighted by Crippen LogP contribution is 2.25. The third kappa shape index (κ3) is 3.16. The lowest BCUT2D eigenvalue weighted by atomic mass is 10.1. The predicted octanol–water partition coefficient (Wildman–Crippen LogP) is 3.66. The normalized spacial score (nSPS) is 20.6. The first-order valence-corrected chi connectivity index (χ1v) is 6.79. The molecule has 1 atom stereocenters. The molecule has 2 heteroatoms. The molecule has 0 aromatic carbocycles. The molecule has 94 valence electrons. The Bertz CT molecular complexity index is 221. The van der Waals surface area contributed by atoms with E-state index in [0.29, 0.717) is 18.1 Å². The van der Waals surface area contributed by atoms with E-state index >= 15 is 0 Å². The topological polar surface area (TPSA) is 6.48 Å². The SMILES string of the molecule is CCCCCN1C=CN(C(C)C)C1C(C)C. The van der Waals surface area contributed by atoms with Crippen LogP contribution >= 0.6 is 0 Å². The number of nitrogens with zero attached hydrogens (tertiary/aromatic N) is 2. The van der Waals surface area contributed by atoms with Gasteiger partial charge in [0.25, 0.3) is 0 Å². The Kier molecular flexibility index (Phi) is 5.17. The van der Waals surface area contributed by atoms with Crippen molar-refractivity contribution < 1.29 is 0 Å². The van der Waals surface area contributed by atoms with Crippen LogP contribution in [0.3, 0.4) is 0 Å². The van der Waals surface area contributed by atoms with E-state index in [9.17, 15) is 0 Å². The molecule has 1 aliphatic rings. The summed E-state index contributed by atoms with van der Waals surface area (Å²) < 4.78 is 0. The minimum atomic E-state index is 0.567. The van der Waals surface area contributed by atoms with Gasteiger partial charge in [0.1, 0.15) is 6.17 Å². The predicted molar refractivity (Wildman–Crippen MR) is 71.0 cm³/mol. The second-order valence-corrected chi connectivity index (χ2v) is 5.44. The summed E-state index contributed by atoms with van der Waals surface area (Å²) >= 11 is 0. The Balaban J connectivity index is 2.54. The smallest absolute Gasteiger partial charge is 0.103 e. The standard InChI is InChI=1S/C14H28N2/c1-6-7-8-9-15-10-11-16(13(4)5)14(15)12(2)3/h10-14H,6-9H2,1-5H3. The monoisotopic (exact) mass is 224 g/mol. The summed E-state index contributed by atoms with van der Waals surface area (Å²) in [5.74, 6) is 0.680. The quantitative estimate of drug-likeness (QED) is 0.635. The van der Waals surface area contributed by atoms with Crippen LogP contribution in [0.2, 0.25) is 0 Å². The van der Waals surface area contributed by atoms with Crippen molar-refractivity contribution in [3.8, 4) is 0 Å². The Morgan fingerprint density at radius 2 is 1.75 bits per heavy atom. The first-order valence-electron chi connectivity index (χ1n) is 6.79. The maximum atomic E-state index is 2.51. The largest absolute Gasteiger partial charge is 0.356 e. The third-order valence-corrected chi connectivity index (χ3v) is 3.29. The van der Waals surface area contributed by atoms with Gasteiger partial charge in [-0.05, 0) is 26.2 Å². The highest BCUT2D eigenvalue weighted by molar-refractivity contribution is 4.99. The highest BCUT2D eigenvalue weighted by Gasteiger charge is 2.29. The molecule has 0 saturated heterocycles. The number of rotatable bonds is 6. The van der Waals surface area contributed by atoms with Crippen molar-refractivity contribution in [2.24, 2.45) is 5.92 Å². The van der Waals surface area contributed by atoms with Gasteiger partial charge in [0.15, 0.2) is 0 Å². The molecule has 1 unspecified atom stereocenters. The second-order valence-electron chi connectivity index (χ2n) is 5.44. The molecule has 0 N–H and O–H groups in total. The summed E-state index contributed by atoms with van der Waals surface area (Å²) in [5, 5.41) is 0. The molecular weight excluding hydrogens is 196 g/mol. The van der Waals surface area contributed by atoms with Gasteiger partial charge < -0.3 is 9.80 Å². The molecule has 0 fully saturated rings. The van der Waals surface area contributed by atoms with Gasteiger partial charge >= 0.3 is 0 Å². The van der Waals surface area contributed by atoms with Crippen molar-refractivity contribution >= 4 is 0 Å². The molecule has 0 amide bonds. The first-order chi connectivity index (χ1) is 7.57. The minimum absolute atomic E-state index is 0.567. The summed E-state index contributed by atoms with van der Waals surface area (Å²) in [7, 11) is 0. The third-order valence-electron chi connectivity index (χ3n) is 3.29. The van der Waals surface area contributed by atoms with E-state index in [2.05, 4.69) is 56.8 Å². The molecule has 0 radical (unpaired) electrons. The van der Waals surface area contributed by atoms with Crippen LogP contribution in [0, 0.1) is 5.92 Å². The van der Waals surface area contributed by atoms with Crippen molar-refractivity contribution in [3.63, 3.8) is 0 Å². The van der Waals surface area contributed by atoms with Gasteiger partial charge in [-0.1, -0.05) is 33.6 Å². The van der Waals surface area contributed by atoms with Gasteiger partial charge in [-0.15, -0.1) is 0 Å². The second kappa shape index (κ2) is 6.17. The minimum Gasteiger partial charge on any atom is -0.356 e. The fourth-order valence-electron chi connectivity index (χ4n) is 2.47. The Labute approximate surface area is 101 Å². The zero-order chi connectivity index (χ0) is 12.1. The molecule has 0 aromatic rings. The van der Waals surface area contributed by atoms with Gasteiger partial charge in [-0.2, -0.15) is 0 Å². The lowest BCUT2D eigenvalue weighted by Gasteiger charge is -2.38. The maximum absolute atomic E-state index is 2.51. The van der Waals surface area contributed by atoms with E-state index in [0.717, 1.165) is 0 Å². The number of hydrogen-bond donors (Lipinski definition) is 0. The van der Waals surface area contributed by atoms with Gasteiger partial charge in [0.05, 0.1) is 0 Å². The van der Waals surface area contributed by atoms with E-state index in [1.54, 1.807) is 0 Å². The fourth-order valence-corrected chi connectivity index (χ4v) is 2.47. The van der Waals surface area contributed by atoms with Crippen molar-refractivity contribution in [1.29, 1.82) is 0 Å². The summed E-state index contributed by atoms with van der Waals surface area (Å²) in [6.07, 6.45) is 9.07. The summed E-state index contributed by atoms with van der Waals surface area (Å²) in [6.45, 7) is 12.7. The van der Waals surface area contributed by atoms with Crippen LogP contribution in [-0.4, -0.2) is 28.6 Å². The Morgan fingerprint density at radius 3 is 2.25 bits per heavy atom. The summed E-state index contributed by atoms with van der Waals surface area (Å²) in [6, 6.07) is 0.597. The summed E-state index contributed by atoms with van der Waals surface area (Å²) in [5.41, 5.74) is 0. The van der Waals surface area contributed by atoms with E-state index in [1.807, 2.05) is 0 Å². The van der Waals surface area contributed by atoms with Gasteiger partial charge in [-0.25, -0.2) is 0 Å². The van der Waals surface area contributed by atoms with E-state index < -0.39 is 0 Å². The highest BCUT2D eigenvalue weighted by atomic mass is 15.4. The molecule has 1 rings (SSSR count). The molecule has 0 aliphatic carbocycles. The average Bonchev–Trinajstić information content (AvgIpc) is 2.62. The van der Waals surface area contributed by atoms with Crippen LogP contribution < -0.4 is 0 Å². The zero-order valence-corrected chi connectivity index (χ0v) is 11.6. The molecule has 0 saturated carbocycles. The average molecular weight is 224 g/mol. The number of unbranched alkanes of at least 4 members (excludes halogenated alkanes) is 2. The van der Waals surface area contributed by atoms with Gasteiger partial charge in [-0.3, -0.25) is 0 Å². The van der Waals surface area contributed by atoms with Crippen LogP contribution in [0.25, 0.3) is 0 Å². The first kappa shape index (κ1) is 13.4. The molecule has 2 nitrogen and oxygen atoms in total. The van der Waals surface area contributed by atoms with Crippen molar-refractivity contribution in [3.05, 3.63) is 12.4 Å². The van der Waals surface area contributed by atoms with Crippen molar-refractivity contribution in [2.75, 3.05) is 6.54 Å². The molecule has 0 spiro atoms. The van der Waals surface area contributed by atoms with Crippen molar-refractivity contribution in [1.82, 2.24) is 9.80 Å². The van der Waals surface area contributed by atoms with E-state index in [1.165, 1.54) is 25.8 Å². The molecule has 1 aliphatic heterocycles. The molecule has 0 aromatic heterocycles. The lowest BCUT2D eigenvalue weighted by molar-refractivity contribution is 0.0844.